The average Bonchev–Trinajstić information content (AvgIpc) is 2.47. The minimum atomic E-state index is -0.261. The van der Waals surface area contributed by atoms with Crippen molar-refractivity contribution in [2.75, 3.05) is 33.4 Å². The van der Waals surface area contributed by atoms with Gasteiger partial charge in [0, 0.05) is 13.1 Å². The molecule has 5 nitrogen and oxygen atoms in total. The number of hydrogen-bond acceptors (Lipinski definition) is 4. The van der Waals surface area contributed by atoms with E-state index in [1.165, 1.54) is 0 Å². The SMILES string of the molecule is COc1cccc(CC(=O)N2CCOC(CO)C2)c1. The van der Waals surface area contributed by atoms with Gasteiger partial charge in [-0.05, 0) is 17.7 Å². The second-order valence-electron chi connectivity index (χ2n) is 4.54. The van der Waals surface area contributed by atoms with Gasteiger partial charge in [0.05, 0.1) is 32.8 Å². The predicted octanol–water partition coefficient (Wildman–Crippen LogP) is 0.457. The molecule has 0 aromatic heterocycles. The summed E-state index contributed by atoms with van der Waals surface area (Å²) in [5.41, 5.74) is 0.927. The number of methoxy groups -OCH3 is 1. The number of aliphatic hydroxyl groups excluding tert-OH is 1. The maximum atomic E-state index is 12.2. The molecule has 1 fully saturated rings. The number of aliphatic hydroxyl groups is 1. The van der Waals surface area contributed by atoms with Crippen LogP contribution in [0.2, 0.25) is 0 Å². The lowest BCUT2D eigenvalue weighted by Gasteiger charge is -2.32. The van der Waals surface area contributed by atoms with Gasteiger partial charge in [-0.1, -0.05) is 12.1 Å². The van der Waals surface area contributed by atoms with Crippen LogP contribution in [0.15, 0.2) is 24.3 Å². The zero-order valence-electron chi connectivity index (χ0n) is 11.0. The van der Waals surface area contributed by atoms with Crippen molar-refractivity contribution in [3.63, 3.8) is 0 Å². The topological polar surface area (TPSA) is 59.0 Å². The van der Waals surface area contributed by atoms with E-state index < -0.39 is 0 Å². The normalized spacial score (nSPS) is 19.3. The number of ether oxygens (including phenoxy) is 2. The third kappa shape index (κ3) is 3.68. The van der Waals surface area contributed by atoms with E-state index in [2.05, 4.69) is 0 Å². The molecule has 1 aliphatic rings. The molecule has 1 aromatic rings. The summed E-state index contributed by atoms with van der Waals surface area (Å²) in [7, 11) is 1.61. The highest BCUT2D eigenvalue weighted by molar-refractivity contribution is 5.79. The molecule has 1 N–H and O–H groups in total. The number of rotatable bonds is 4. The van der Waals surface area contributed by atoms with Crippen molar-refractivity contribution in [3.05, 3.63) is 29.8 Å². The lowest BCUT2D eigenvalue weighted by Crippen LogP contribution is -2.47. The molecule has 0 aliphatic carbocycles. The van der Waals surface area contributed by atoms with E-state index in [-0.39, 0.29) is 18.6 Å². The molecule has 1 saturated heterocycles. The molecule has 0 radical (unpaired) electrons. The third-order valence-corrected chi connectivity index (χ3v) is 3.18. The molecule has 1 amide bonds. The van der Waals surface area contributed by atoms with Crippen molar-refractivity contribution < 1.29 is 19.4 Å². The van der Waals surface area contributed by atoms with Crippen LogP contribution in [0, 0.1) is 0 Å². The fourth-order valence-electron chi connectivity index (χ4n) is 2.13. The molecule has 0 bridgehead atoms. The fourth-order valence-corrected chi connectivity index (χ4v) is 2.13. The monoisotopic (exact) mass is 265 g/mol. The summed E-state index contributed by atoms with van der Waals surface area (Å²) in [4.78, 5) is 13.9. The van der Waals surface area contributed by atoms with Gasteiger partial charge in [0.15, 0.2) is 0 Å². The van der Waals surface area contributed by atoms with Crippen LogP contribution in [0.3, 0.4) is 0 Å². The first kappa shape index (κ1) is 13.8. The van der Waals surface area contributed by atoms with Crippen LogP contribution in [0.4, 0.5) is 0 Å². The Bertz CT molecular complexity index is 435. The highest BCUT2D eigenvalue weighted by Gasteiger charge is 2.23. The summed E-state index contributed by atoms with van der Waals surface area (Å²) in [5.74, 6) is 0.801. The van der Waals surface area contributed by atoms with Gasteiger partial charge in [0.25, 0.3) is 0 Å². The van der Waals surface area contributed by atoms with Gasteiger partial charge in [0.2, 0.25) is 5.91 Å². The molecular weight excluding hydrogens is 246 g/mol. The number of carbonyl (C=O) groups excluding carboxylic acids is 1. The molecule has 1 atom stereocenters. The first-order valence-electron chi connectivity index (χ1n) is 6.36. The Labute approximate surface area is 112 Å². The van der Waals surface area contributed by atoms with Crippen molar-refractivity contribution in [3.8, 4) is 5.75 Å². The Kier molecular flexibility index (Phi) is 4.76. The summed E-state index contributed by atoms with van der Waals surface area (Å²) in [6.07, 6.45) is 0.0815. The molecule has 1 aliphatic heterocycles. The standard InChI is InChI=1S/C14H19NO4/c1-18-12-4-2-3-11(7-12)8-14(17)15-5-6-19-13(9-15)10-16/h2-4,7,13,16H,5-6,8-10H2,1H3. The van der Waals surface area contributed by atoms with Crippen LogP contribution < -0.4 is 4.74 Å². The Morgan fingerprint density at radius 3 is 3.16 bits per heavy atom. The van der Waals surface area contributed by atoms with E-state index in [1.54, 1.807) is 12.0 Å². The molecule has 0 spiro atoms. The Hall–Kier alpha value is -1.59. The smallest absolute Gasteiger partial charge is 0.227 e. The quantitative estimate of drug-likeness (QED) is 0.859. The number of nitrogens with zero attached hydrogens (tertiary/aromatic N) is 1. The fraction of sp³-hybridized carbons (Fsp3) is 0.500. The van der Waals surface area contributed by atoms with Gasteiger partial charge in [-0.2, -0.15) is 0 Å². The molecule has 1 aromatic carbocycles. The highest BCUT2D eigenvalue weighted by atomic mass is 16.5. The van der Waals surface area contributed by atoms with E-state index in [0.29, 0.717) is 26.1 Å². The van der Waals surface area contributed by atoms with E-state index in [1.807, 2.05) is 24.3 Å². The predicted molar refractivity (Wildman–Crippen MR) is 70.1 cm³/mol. The largest absolute Gasteiger partial charge is 0.497 e. The van der Waals surface area contributed by atoms with Gasteiger partial charge in [-0.25, -0.2) is 0 Å². The van der Waals surface area contributed by atoms with Gasteiger partial charge in [-0.3, -0.25) is 4.79 Å². The third-order valence-electron chi connectivity index (χ3n) is 3.18. The van der Waals surface area contributed by atoms with E-state index in [9.17, 15) is 4.79 Å². The zero-order chi connectivity index (χ0) is 13.7. The molecule has 1 heterocycles. The minimum absolute atomic E-state index is 0.0509. The van der Waals surface area contributed by atoms with Crippen molar-refractivity contribution in [1.82, 2.24) is 4.90 Å². The maximum absolute atomic E-state index is 12.2. The van der Waals surface area contributed by atoms with E-state index in [4.69, 9.17) is 14.6 Å². The molecule has 5 heteroatoms. The van der Waals surface area contributed by atoms with Crippen molar-refractivity contribution >= 4 is 5.91 Å². The summed E-state index contributed by atoms with van der Waals surface area (Å²) >= 11 is 0. The average molecular weight is 265 g/mol. The molecule has 19 heavy (non-hydrogen) atoms. The Morgan fingerprint density at radius 1 is 1.58 bits per heavy atom. The second kappa shape index (κ2) is 6.54. The summed E-state index contributed by atoms with van der Waals surface area (Å²) in [6, 6.07) is 7.49. The maximum Gasteiger partial charge on any atom is 0.227 e. The molecule has 1 unspecified atom stereocenters. The highest BCUT2D eigenvalue weighted by Crippen LogP contribution is 2.14. The van der Waals surface area contributed by atoms with Gasteiger partial charge < -0.3 is 19.5 Å². The number of benzene rings is 1. The number of morpholine rings is 1. The summed E-state index contributed by atoms with van der Waals surface area (Å²) in [6.45, 7) is 1.47. The van der Waals surface area contributed by atoms with Crippen LogP contribution in [0.5, 0.6) is 5.75 Å². The Balaban J connectivity index is 1.96. The van der Waals surface area contributed by atoms with Crippen LogP contribution in [-0.2, 0) is 16.0 Å². The summed E-state index contributed by atoms with van der Waals surface area (Å²) < 4.78 is 10.5. The first-order chi connectivity index (χ1) is 9.22. The first-order valence-corrected chi connectivity index (χ1v) is 6.36. The van der Waals surface area contributed by atoms with E-state index in [0.717, 1.165) is 11.3 Å². The Morgan fingerprint density at radius 2 is 2.42 bits per heavy atom. The second-order valence-corrected chi connectivity index (χ2v) is 4.54. The van der Waals surface area contributed by atoms with Gasteiger partial charge >= 0.3 is 0 Å². The number of amides is 1. The van der Waals surface area contributed by atoms with Crippen molar-refractivity contribution in [2.24, 2.45) is 0 Å². The van der Waals surface area contributed by atoms with Crippen LogP contribution in [0.1, 0.15) is 5.56 Å². The van der Waals surface area contributed by atoms with Crippen molar-refractivity contribution in [2.45, 2.75) is 12.5 Å². The molecule has 2 rings (SSSR count). The van der Waals surface area contributed by atoms with Crippen LogP contribution >= 0.6 is 0 Å². The van der Waals surface area contributed by atoms with E-state index >= 15 is 0 Å². The molecule has 104 valence electrons. The lowest BCUT2D eigenvalue weighted by molar-refractivity contribution is -0.139. The molecular formula is C14H19NO4. The van der Waals surface area contributed by atoms with Crippen molar-refractivity contribution in [1.29, 1.82) is 0 Å². The van der Waals surface area contributed by atoms with Crippen LogP contribution in [-0.4, -0.2) is 55.4 Å². The number of carbonyl (C=O) groups is 1. The van der Waals surface area contributed by atoms with Crippen LogP contribution in [0.25, 0.3) is 0 Å². The number of hydrogen-bond donors (Lipinski definition) is 1. The summed E-state index contributed by atoms with van der Waals surface area (Å²) in [5, 5.41) is 9.07. The molecule has 0 saturated carbocycles. The van der Waals surface area contributed by atoms with Gasteiger partial charge in [0.1, 0.15) is 5.75 Å². The lowest BCUT2D eigenvalue weighted by atomic mass is 10.1. The van der Waals surface area contributed by atoms with Gasteiger partial charge in [-0.15, -0.1) is 0 Å². The zero-order valence-corrected chi connectivity index (χ0v) is 11.0. The minimum Gasteiger partial charge on any atom is -0.497 e.